The van der Waals surface area contributed by atoms with Crippen LogP contribution in [0.1, 0.15) is 115 Å². The van der Waals surface area contributed by atoms with E-state index in [0.29, 0.717) is 49.7 Å². The number of carbonyl (C=O) groups is 2. The third-order valence-corrected chi connectivity index (χ3v) is 10.7. The summed E-state index contributed by atoms with van der Waals surface area (Å²) in [5.74, 6) is -2.55. The van der Waals surface area contributed by atoms with E-state index in [4.69, 9.17) is 9.47 Å². The number of Topliss-reactive ketones (excluding diaryl/α,β-unsaturated/α-hetero) is 1. The molecule has 0 saturated carbocycles. The van der Waals surface area contributed by atoms with Crippen molar-refractivity contribution in [3.63, 3.8) is 0 Å². The normalized spacial score (nSPS) is 32.0. The molecule has 2 heterocycles. The van der Waals surface area contributed by atoms with Crippen molar-refractivity contribution in [2.75, 3.05) is 0 Å². The summed E-state index contributed by atoms with van der Waals surface area (Å²) in [6.07, 6.45) is 3.34. The minimum absolute atomic E-state index is 0. The number of ketones is 1. The van der Waals surface area contributed by atoms with Gasteiger partial charge in [-0.05, 0) is 88.2 Å². The first-order valence-corrected chi connectivity index (χ1v) is 16.0. The van der Waals surface area contributed by atoms with Crippen LogP contribution in [-0.4, -0.2) is 67.8 Å². The van der Waals surface area contributed by atoms with Crippen molar-refractivity contribution in [2.45, 2.75) is 142 Å². The maximum Gasteiger partial charge on any atom is 1.00 e. The van der Waals surface area contributed by atoms with Crippen LogP contribution in [0, 0.1) is 30.6 Å². The van der Waals surface area contributed by atoms with E-state index in [1.165, 1.54) is 0 Å². The molecule has 0 aromatic heterocycles. The number of hydrogen-bond acceptors (Lipinski definition) is 7. The average molecular weight is 614 g/mol. The molecule has 43 heavy (non-hydrogen) atoms. The van der Waals surface area contributed by atoms with Crippen LogP contribution in [0.15, 0.2) is 12.1 Å². The number of benzene rings is 1. The van der Waals surface area contributed by atoms with Crippen LogP contribution < -0.4 is 29.6 Å². The van der Waals surface area contributed by atoms with Crippen LogP contribution in [0.2, 0.25) is 0 Å². The van der Waals surface area contributed by atoms with E-state index in [0.717, 1.165) is 12.8 Å². The maximum absolute atomic E-state index is 13.9. The molecule has 0 radical (unpaired) electrons. The third-order valence-electron chi connectivity index (χ3n) is 10.7. The van der Waals surface area contributed by atoms with Crippen LogP contribution in [-0.2, 0) is 20.7 Å². The number of carboxylic acids is 1. The van der Waals surface area contributed by atoms with Gasteiger partial charge < -0.3 is 29.9 Å². The van der Waals surface area contributed by atoms with Crippen molar-refractivity contribution in [1.82, 2.24) is 0 Å². The topological polar surface area (TPSA) is 134 Å². The summed E-state index contributed by atoms with van der Waals surface area (Å²) in [5.41, 5.74) is -0.437. The number of aromatic carboxylic acids is 1. The van der Waals surface area contributed by atoms with Crippen molar-refractivity contribution in [3.8, 4) is 5.75 Å². The molecule has 2 aliphatic heterocycles. The minimum Gasteiger partial charge on any atom is -0.507 e. The summed E-state index contributed by atoms with van der Waals surface area (Å²) in [6, 6.07) is 3.40. The Morgan fingerprint density at radius 2 is 1.77 bits per heavy atom. The first-order chi connectivity index (χ1) is 19.7. The third kappa shape index (κ3) is 7.87. The Morgan fingerprint density at radius 3 is 2.30 bits per heavy atom. The number of hydrogen-bond donors (Lipinski definition) is 4. The fraction of sp³-hybridized carbons (Fsp3) is 0.765. The zero-order valence-electron chi connectivity index (χ0n) is 27.9. The van der Waals surface area contributed by atoms with Gasteiger partial charge in [0.1, 0.15) is 17.1 Å². The maximum atomic E-state index is 13.9. The minimum atomic E-state index is -1.18. The fourth-order valence-electron chi connectivity index (χ4n) is 7.45. The van der Waals surface area contributed by atoms with Gasteiger partial charge in [-0.2, -0.15) is 0 Å². The first kappa shape index (κ1) is 38.2. The van der Waals surface area contributed by atoms with E-state index in [1.54, 1.807) is 26.0 Å². The van der Waals surface area contributed by atoms with Gasteiger partial charge in [0, 0.05) is 11.8 Å². The van der Waals surface area contributed by atoms with Crippen molar-refractivity contribution in [1.29, 1.82) is 0 Å². The monoisotopic (exact) mass is 613 g/mol. The van der Waals surface area contributed by atoms with Crippen LogP contribution in [0.25, 0.3) is 0 Å². The van der Waals surface area contributed by atoms with E-state index in [2.05, 4.69) is 13.8 Å². The molecule has 1 aromatic carbocycles. The Balaban J connectivity index is 0.00000645. The van der Waals surface area contributed by atoms with E-state index in [1.807, 2.05) is 27.7 Å². The largest absolute Gasteiger partial charge is 1.00 e. The molecule has 9 heteroatoms. The predicted molar refractivity (Wildman–Crippen MR) is 162 cm³/mol. The van der Waals surface area contributed by atoms with E-state index in [9.17, 15) is 30.0 Å². The van der Waals surface area contributed by atoms with E-state index in [-0.39, 0.29) is 82.7 Å². The van der Waals surface area contributed by atoms with E-state index >= 15 is 0 Å². The zero-order valence-corrected chi connectivity index (χ0v) is 29.9. The predicted octanol–water partition coefficient (Wildman–Crippen LogP) is 2.85. The molecule has 2 fully saturated rings. The number of carboxylic acid groups (broad SMARTS) is 1. The van der Waals surface area contributed by atoms with Crippen LogP contribution in [0.4, 0.5) is 0 Å². The molecule has 238 valence electrons. The fourth-order valence-corrected chi connectivity index (χ4v) is 7.45. The van der Waals surface area contributed by atoms with Crippen LogP contribution >= 0.6 is 0 Å². The number of aryl methyl sites for hydroxylation is 2. The molecule has 8 nitrogen and oxygen atoms in total. The average Bonchev–Trinajstić information content (AvgIpc) is 3.31. The number of aliphatic hydroxyl groups is 2. The van der Waals surface area contributed by atoms with Crippen LogP contribution in [0.5, 0.6) is 5.75 Å². The molecular formula is C34H54NaO8+. The molecule has 4 unspecified atom stereocenters. The summed E-state index contributed by atoms with van der Waals surface area (Å²) in [7, 11) is 0. The molecule has 2 aliphatic rings. The summed E-state index contributed by atoms with van der Waals surface area (Å²) in [6.45, 7) is 15.4. The molecule has 1 aromatic rings. The molecule has 0 bridgehead atoms. The first-order valence-electron chi connectivity index (χ1n) is 16.0. The van der Waals surface area contributed by atoms with Gasteiger partial charge in [-0.25, -0.2) is 4.79 Å². The SMILES string of the molecule is CC[C@@H](C(=O)C(C)[C@@H](O)[C@H](C)CCc1ccc(C)c(O)c1C(=O)O)C1OC(CC)(C2CC[C@](O)(CC)[C@H](C)O2)C[C@@H]1C.[Na+]. The van der Waals surface area contributed by atoms with Gasteiger partial charge in [0.25, 0.3) is 0 Å². The van der Waals surface area contributed by atoms with Gasteiger partial charge in [-0.15, -0.1) is 0 Å². The van der Waals surface area contributed by atoms with Gasteiger partial charge in [0.05, 0.1) is 35.6 Å². The van der Waals surface area contributed by atoms with Crippen molar-refractivity contribution < 1.29 is 69.0 Å². The Labute approximate surface area is 280 Å². The zero-order chi connectivity index (χ0) is 31.6. The Morgan fingerprint density at radius 1 is 1.12 bits per heavy atom. The molecule has 0 aliphatic carbocycles. The molecule has 10 atom stereocenters. The summed E-state index contributed by atoms with van der Waals surface area (Å²) < 4.78 is 13.2. The number of aliphatic hydroxyl groups excluding tert-OH is 1. The summed E-state index contributed by atoms with van der Waals surface area (Å²) in [4.78, 5) is 25.7. The smallest absolute Gasteiger partial charge is 0.507 e. The number of rotatable bonds is 13. The second-order valence-electron chi connectivity index (χ2n) is 13.2. The van der Waals surface area contributed by atoms with Gasteiger partial charge in [-0.3, -0.25) is 4.79 Å². The van der Waals surface area contributed by atoms with Crippen molar-refractivity contribution >= 4 is 11.8 Å². The summed E-state index contributed by atoms with van der Waals surface area (Å²) >= 11 is 0. The van der Waals surface area contributed by atoms with Gasteiger partial charge >= 0.3 is 35.5 Å². The summed E-state index contributed by atoms with van der Waals surface area (Å²) in [5, 5.41) is 42.1. The Kier molecular flexibility index (Phi) is 13.8. The van der Waals surface area contributed by atoms with Crippen molar-refractivity contribution in [2.24, 2.45) is 23.7 Å². The standard InChI is InChI=1S/C34H54O8.Na/c1-9-25(31-21(6)18-34(11-3,42-31)26-16-17-33(40,10-2)23(8)41-26)30(37)22(7)28(35)19(4)12-14-24-15-13-20(5)29(36)27(24)32(38)39;/h13,15,19,21-23,25-26,28,31,35-36,40H,9-12,14,16-18H2,1-8H3,(H,38,39);/q;+1/t19-,21+,22?,23+,25+,26?,28+,31?,33-,34?;/m1./s1. The molecular weight excluding hydrogens is 559 g/mol. The van der Waals surface area contributed by atoms with Crippen LogP contribution in [0.3, 0.4) is 0 Å². The molecule has 3 rings (SSSR count). The van der Waals surface area contributed by atoms with Crippen molar-refractivity contribution in [3.05, 3.63) is 28.8 Å². The second-order valence-corrected chi connectivity index (χ2v) is 13.2. The molecule has 0 spiro atoms. The van der Waals surface area contributed by atoms with E-state index < -0.39 is 29.2 Å². The van der Waals surface area contributed by atoms with Gasteiger partial charge in [0.2, 0.25) is 0 Å². The van der Waals surface area contributed by atoms with Gasteiger partial charge in [0.15, 0.2) is 0 Å². The number of phenols is 1. The number of ether oxygens (including phenoxy) is 2. The molecule has 2 saturated heterocycles. The molecule has 4 N–H and O–H groups in total. The second kappa shape index (κ2) is 15.5. The van der Waals surface area contributed by atoms with Gasteiger partial charge in [-0.1, -0.05) is 53.7 Å². The number of carbonyl (C=O) groups excluding carboxylic acids is 1. The molecule has 0 amide bonds. The Bertz CT molecular complexity index is 1110. The quantitative estimate of drug-likeness (QED) is 0.250. The number of aromatic hydroxyl groups is 1. The Hall–Kier alpha value is -1.00.